The Bertz CT molecular complexity index is 2230. The second-order valence-electron chi connectivity index (χ2n) is 14.7. The molecule has 278 valence electrons. The standard InChI is InChI=1S/C43H45FN6O4/c44-39-14-10-29(25-40-35-7-2-4-9-37(35)42(51)47-46-40)24-38(39)43(52)49-18-16-48(17-19-49)20-23-53-21-5-22-54-33-26-31-12-13-32(27-33)50(31)41-15-11-30(28-45)34-6-1-3-8-36(34)41/h1-4,6-11,14-15,24,31-33H,5,12-13,16-23,25-27H2,(H,47,51). The van der Waals surface area contributed by atoms with Crippen molar-refractivity contribution in [3.05, 3.63) is 117 Å². The number of aromatic nitrogens is 2. The zero-order valence-corrected chi connectivity index (χ0v) is 30.4. The highest BCUT2D eigenvalue weighted by Crippen LogP contribution is 2.43. The van der Waals surface area contributed by atoms with E-state index in [2.05, 4.69) is 44.3 Å². The number of hydrogen-bond acceptors (Lipinski definition) is 8. The number of piperazine rings is 1. The van der Waals surface area contributed by atoms with E-state index in [0.29, 0.717) is 75.6 Å². The van der Waals surface area contributed by atoms with E-state index in [-0.39, 0.29) is 23.1 Å². The van der Waals surface area contributed by atoms with Crippen LogP contribution in [0.1, 0.15) is 59.3 Å². The zero-order chi connectivity index (χ0) is 37.0. The fourth-order valence-corrected chi connectivity index (χ4v) is 8.66. The molecule has 2 atom stereocenters. The molecule has 11 heteroatoms. The average Bonchev–Trinajstić information content (AvgIpc) is 3.47. The van der Waals surface area contributed by atoms with Crippen LogP contribution in [-0.4, -0.2) is 96.6 Å². The molecule has 2 bridgehead atoms. The topological polar surface area (TPSA) is 115 Å². The number of carbonyl (C=O) groups is 1. The molecule has 4 heterocycles. The first-order chi connectivity index (χ1) is 26.5. The normalized spacial score (nSPS) is 20.1. The third-order valence-electron chi connectivity index (χ3n) is 11.4. The molecular weight excluding hydrogens is 684 g/mol. The van der Waals surface area contributed by atoms with E-state index in [4.69, 9.17) is 9.47 Å². The van der Waals surface area contributed by atoms with Gasteiger partial charge in [0.15, 0.2) is 0 Å². The molecule has 1 N–H and O–H groups in total. The number of anilines is 1. The Kier molecular flexibility index (Phi) is 10.7. The van der Waals surface area contributed by atoms with E-state index in [1.165, 1.54) is 24.6 Å². The van der Waals surface area contributed by atoms with Crippen LogP contribution in [0, 0.1) is 17.1 Å². The van der Waals surface area contributed by atoms with Crippen LogP contribution in [0.3, 0.4) is 0 Å². The van der Waals surface area contributed by atoms with Gasteiger partial charge in [0.2, 0.25) is 0 Å². The largest absolute Gasteiger partial charge is 0.380 e. The maximum absolute atomic E-state index is 14.9. The molecule has 3 aliphatic heterocycles. The van der Waals surface area contributed by atoms with E-state index in [1.807, 2.05) is 30.3 Å². The van der Waals surface area contributed by atoms with Crippen molar-refractivity contribution >= 4 is 33.1 Å². The summed E-state index contributed by atoms with van der Waals surface area (Å²) in [6.45, 7) is 5.15. The van der Waals surface area contributed by atoms with Crippen LogP contribution in [0.15, 0.2) is 83.7 Å². The number of nitrogens with one attached hydrogen (secondary N) is 1. The lowest BCUT2D eigenvalue weighted by atomic mass is 9.96. The number of halogens is 1. The number of nitriles is 1. The van der Waals surface area contributed by atoms with Crippen LogP contribution in [0.25, 0.3) is 21.5 Å². The molecule has 54 heavy (non-hydrogen) atoms. The van der Waals surface area contributed by atoms with Crippen LogP contribution in [-0.2, 0) is 15.9 Å². The minimum absolute atomic E-state index is 0.0540. The van der Waals surface area contributed by atoms with Gasteiger partial charge in [0, 0.05) is 86.3 Å². The fourth-order valence-electron chi connectivity index (χ4n) is 8.66. The Morgan fingerprint density at radius 3 is 2.35 bits per heavy atom. The Morgan fingerprint density at radius 1 is 0.870 bits per heavy atom. The summed E-state index contributed by atoms with van der Waals surface area (Å²) < 4.78 is 27.3. The highest BCUT2D eigenvalue weighted by molar-refractivity contribution is 5.98. The van der Waals surface area contributed by atoms with Crippen molar-refractivity contribution in [2.45, 2.75) is 56.7 Å². The van der Waals surface area contributed by atoms with E-state index in [1.54, 1.807) is 29.2 Å². The van der Waals surface area contributed by atoms with Gasteiger partial charge in [0.1, 0.15) is 5.82 Å². The quantitative estimate of drug-likeness (QED) is 0.154. The third-order valence-corrected chi connectivity index (χ3v) is 11.4. The lowest BCUT2D eigenvalue weighted by Crippen LogP contribution is -2.49. The van der Waals surface area contributed by atoms with Crippen LogP contribution >= 0.6 is 0 Å². The smallest absolute Gasteiger partial charge is 0.272 e. The summed E-state index contributed by atoms with van der Waals surface area (Å²) in [5.74, 6) is -0.858. The van der Waals surface area contributed by atoms with Gasteiger partial charge in [-0.1, -0.05) is 48.5 Å². The van der Waals surface area contributed by atoms with Crippen molar-refractivity contribution in [2.75, 3.05) is 57.4 Å². The lowest BCUT2D eigenvalue weighted by molar-refractivity contribution is 0.00967. The van der Waals surface area contributed by atoms with Gasteiger partial charge < -0.3 is 19.3 Å². The Morgan fingerprint density at radius 2 is 1.59 bits per heavy atom. The van der Waals surface area contributed by atoms with E-state index < -0.39 is 5.82 Å². The van der Waals surface area contributed by atoms with Gasteiger partial charge in [-0.15, -0.1) is 0 Å². The van der Waals surface area contributed by atoms with Gasteiger partial charge in [0.25, 0.3) is 11.5 Å². The van der Waals surface area contributed by atoms with E-state index in [0.717, 1.165) is 53.1 Å². The van der Waals surface area contributed by atoms with Gasteiger partial charge in [-0.25, -0.2) is 9.49 Å². The average molecular weight is 729 g/mol. The number of piperidine rings is 1. The summed E-state index contributed by atoms with van der Waals surface area (Å²) in [4.78, 5) is 32.2. The molecule has 3 aliphatic rings. The molecule has 0 spiro atoms. The summed E-state index contributed by atoms with van der Waals surface area (Å²) in [5.41, 5.74) is 3.17. The number of aromatic amines is 1. The van der Waals surface area contributed by atoms with Crippen LogP contribution in [0.5, 0.6) is 0 Å². The number of rotatable bonds is 12. The SMILES string of the molecule is N#Cc1ccc(N2C3CCC2CC(OCCCOCCN2CCN(C(=O)c4cc(Cc5n[nH]c(=O)c6ccccc56)ccc4F)CC2)C3)c2ccccc12. The third kappa shape index (κ3) is 7.47. The molecule has 8 rings (SSSR count). The monoisotopic (exact) mass is 728 g/mol. The summed E-state index contributed by atoms with van der Waals surface area (Å²) in [6, 6.07) is 27.4. The summed E-state index contributed by atoms with van der Waals surface area (Å²) in [7, 11) is 0. The van der Waals surface area contributed by atoms with Crippen molar-refractivity contribution in [3.8, 4) is 6.07 Å². The van der Waals surface area contributed by atoms with Gasteiger partial charge in [0.05, 0.1) is 41.0 Å². The molecule has 0 radical (unpaired) electrons. The number of amides is 1. The van der Waals surface area contributed by atoms with E-state index in [9.17, 15) is 19.2 Å². The lowest BCUT2D eigenvalue weighted by Gasteiger charge is -2.41. The van der Waals surface area contributed by atoms with Crippen LogP contribution in [0.4, 0.5) is 10.1 Å². The summed E-state index contributed by atoms with van der Waals surface area (Å²) >= 11 is 0. The Balaban J connectivity index is 0.745. The minimum atomic E-state index is -0.544. The van der Waals surface area contributed by atoms with Crippen molar-refractivity contribution in [3.63, 3.8) is 0 Å². The number of fused-ring (bicyclic) bond motifs is 4. The molecule has 3 fully saturated rings. The first-order valence-corrected chi connectivity index (χ1v) is 19.1. The second-order valence-corrected chi connectivity index (χ2v) is 14.7. The first-order valence-electron chi connectivity index (χ1n) is 19.1. The molecule has 10 nitrogen and oxygen atoms in total. The number of nitrogens with zero attached hydrogens (tertiary/aromatic N) is 5. The molecule has 5 aromatic rings. The fraction of sp³-hybridized carbons (Fsp3) is 0.395. The number of carbonyl (C=O) groups excluding carboxylic acids is 1. The summed E-state index contributed by atoms with van der Waals surface area (Å²) in [5, 5.41) is 19.8. The number of ether oxygens (including phenoxy) is 2. The molecule has 2 unspecified atom stereocenters. The molecular formula is C43H45FN6O4. The maximum atomic E-state index is 14.9. The second kappa shape index (κ2) is 16.1. The van der Waals surface area contributed by atoms with Gasteiger partial charge >= 0.3 is 0 Å². The zero-order valence-electron chi connectivity index (χ0n) is 30.4. The molecule has 0 saturated carbocycles. The number of benzene rings is 4. The predicted octanol–water partition coefficient (Wildman–Crippen LogP) is 6.06. The van der Waals surface area contributed by atoms with Crippen molar-refractivity contribution in [1.82, 2.24) is 20.0 Å². The number of hydrogen-bond donors (Lipinski definition) is 1. The van der Waals surface area contributed by atoms with Gasteiger partial charge in [-0.3, -0.25) is 14.5 Å². The predicted molar refractivity (Wildman–Crippen MR) is 206 cm³/mol. The van der Waals surface area contributed by atoms with Crippen molar-refractivity contribution in [1.29, 1.82) is 5.26 Å². The van der Waals surface area contributed by atoms with Crippen LogP contribution < -0.4 is 10.5 Å². The highest BCUT2D eigenvalue weighted by atomic mass is 19.1. The molecule has 1 amide bonds. The minimum Gasteiger partial charge on any atom is -0.380 e. The maximum Gasteiger partial charge on any atom is 0.272 e. The molecule has 0 aliphatic carbocycles. The molecule has 4 aromatic carbocycles. The van der Waals surface area contributed by atoms with Gasteiger partial charge in [-0.05, 0) is 68.0 Å². The summed E-state index contributed by atoms with van der Waals surface area (Å²) in [6.07, 6.45) is 5.83. The highest BCUT2D eigenvalue weighted by Gasteiger charge is 2.41. The number of H-pyrrole nitrogens is 1. The van der Waals surface area contributed by atoms with Crippen molar-refractivity contribution in [2.24, 2.45) is 0 Å². The molecule has 3 saturated heterocycles. The van der Waals surface area contributed by atoms with E-state index >= 15 is 0 Å². The van der Waals surface area contributed by atoms with Crippen LogP contribution in [0.2, 0.25) is 0 Å². The Hall–Kier alpha value is -5.15. The van der Waals surface area contributed by atoms with Crippen molar-refractivity contribution < 1.29 is 18.7 Å². The Labute approximate surface area is 314 Å². The van der Waals surface area contributed by atoms with Gasteiger partial charge in [-0.2, -0.15) is 10.4 Å². The first kappa shape index (κ1) is 35.9. The molecule has 1 aromatic heterocycles.